The number of hydrogen-bond donors (Lipinski definition) is 1. The Labute approximate surface area is 180 Å². The maximum absolute atomic E-state index is 13.1. The minimum atomic E-state index is -3.60. The third-order valence-electron chi connectivity index (χ3n) is 4.42. The fraction of sp³-hybridized carbons (Fsp3) is 0.350. The van der Waals surface area contributed by atoms with Gasteiger partial charge in [-0.15, -0.1) is 0 Å². The number of anilines is 1. The van der Waals surface area contributed by atoms with Crippen molar-refractivity contribution in [1.82, 2.24) is 5.32 Å². The Bertz CT molecular complexity index is 977. The van der Waals surface area contributed by atoms with E-state index in [1.807, 2.05) is 31.2 Å². The topological polar surface area (TPSA) is 84.9 Å². The lowest BCUT2D eigenvalue weighted by Crippen LogP contribution is -2.33. The van der Waals surface area contributed by atoms with Crippen LogP contribution < -0.4 is 19.1 Å². The van der Waals surface area contributed by atoms with Crippen LogP contribution in [0.25, 0.3) is 0 Å². The number of benzene rings is 2. The number of nitrogens with one attached hydrogen (secondary N) is 1. The summed E-state index contributed by atoms with van der Waals surface area (Å²) in [7, 11) is -0.694. The van der Waals surface area contributed by atoms with Gasteiger partial charge in [-0.25, -0.2) is 8.42 Å². The van der Waals surface area contributed by atoms with Gasteiger partial charge in [0.1, 0.15) is 0 Å². The van der Waals surface area contributed by atoms with Crippen molar-refractivity contribution >= 4 is 37.5 Å². The van der Waals surface area contributed by atoms with E-state index in [4.69, 9.17) is 9.47 Å². The van der Waals surface area contributed by atoms with Crippen LogP contribution in [0.5, 0.6) is 11.5 Å². The molecule has 0 spiro atoms. The molecule has 29 heavy (non-hydrogen) atoms. The van der Waals surface area contributed by atoms with Crippen molar-refractivity contribution < 1.29 is 22.7 Å². The van der Waals surface area contributed by atoms with Crippen LogP contribution in [0.4, 0.5) is 5.69 Å². The lowest BCUT2D eigenvalue weighted by molar-refractivity contribution is 0.0940. The van der Waals surface area contributed by atoms with E-state index >= 15 is 0 Å². The molecule has 0 aliphatic carbocycles. The highest BCUT2D eigenvalue weighted by molar-refractivity contribution is 9.10. The average Bonchev–Trinajstić information content (AvgIpc) is 2.67. The molecule has 0 saturated heterocycles. The smallest absolute Gasteiger partial charge is 0.254 e. The largest absolute Gasteiger partial charge is 0.493 e. The lowest BCUT2D eigenvalue weighted by atomic mass is 10.1. The molecule has 2 aromatic carbocycles. The molecule has 0 bridgehead atoms. The number of halogens is 1. The summed E-state index contributed by atoms with van der Waals surface area (Å²) in [6, 6.07) is 10.3. The molecular weight excluding hydrogens is 460 g/mol. The first-order chi connectivity index (χ1) is 13.6. The number of rotatable bonds is 8. The molecule has 1 amide bonds. The molecule has 2 aromatic rings. The van der Waals surface area contributed by atoms with Gasteiger partial charge in [0.25, 0.3) is 5.91 Å². The molecule has 0 aliphatic heterocycles. The molecule has 0 radical (unpaired) electrons. The molecular formula is C20H25BrN2O5S. The highest BCUT2D eigenvalue weighted by atomic mass is 79.9. The fourth-order valence-electron chi connectivity index (χ4n) is 2.95. The summed E-state index contributed by atoms with van der Waals surface area (Å²) in [5.41, 5.74) is 1.33. The Morgan fingerprint density at radius 1 is 1.14 bits per heavy atom. The number of methoxy groups -OCH3 is 2. The van der Waals surface area contributed by atoms with Gasteiger partial charge < -0.3 is 14.8 Å². The van der Waals surface area contributed by atoms with E-state index in [0.717, 1.165) is 20.6 Å². The predicted molar refractivity (Wildman–Crippen MR) is 117 cm³/mol. The summed E-state index contributed by atoms with van der Waals surface area (Å²) in [5, 5.41) is 2.92. The first-order valence-corrected chi connectivity index (χ1v) is 11.6. The third-order valence-corrected chi connectivity index (χ3v) is 6.20. The van der Waals surface area contributed by atoms with E-state index in [9.17, 15) is 13.2 Å². The summed E-state index contributed by atoms with van der Waals surface area (Å²) >= 11 is 3.39. The second-order valence-corrected chi connectivity index (χ2v) is 9.22. The molecule has 7 nitrogen and oxygen atoms in total. The molecule has 0 fully saturated rings. The number of carbonyl (C=O) groups is 1. The van der Waals surface area contributed by atoms with Crippen molar-refractivity contribution in [2.45, 2.75) is 19.9 Å². The van der Waals surface area contributed by atoms with Gasteiger partial charge in [-0.3, -0.25) is 9.10 Å². The van der Waals surface area contributed by atoms with Crippen molar-refractivity contribution in [2.24, 2.45) is 0 Å². The summed E-state index contributed by atoms with van der Waals surface area (Å²) in [6.45, 7) is 3.72. The second kappa shape index (κ2) is 9.49. The van der Waals surface area contributed by atoms with Gasteiger partial charge in [-0.2, -0.15) is 0 Å². The Morgan fingerprint density at radius 2 is 1.69 bits per heavy atom. The number of nitrogens with zero attached hydrogens (tertiary/aromatic N) is 1. The van der Waals surface area contributed by atoms with Crippen LogP contribution in [0.15, 0.2) is 40.9 Å². The molecule has 0 saturated carbocycles. The minimum Gasteiger partial charge on any atom is -0.493 e. The highest BCUT2D eigenvalue weighted by Gasteiger charge is 2.26. The Hall–Kier alpha value is -2.26. The number of amides is 1. The van der Waals surface area contributed by atoms with Crippen LogP contribution in [-0.2, 0) is 10.0 Å². The van der Waals surface area contributed by atoms with Gasteiger partial charge in [-0.1, -0.05) is 28.1 Å². The van der Waals surface area contributed by atoms with Crippen molar-refractivity contribution in [3.63, 3.8) is 0 Å². The maximum atomic E-state index is 13.1. The zero-order valence-electron chi connectivity index (χ0n) is 17.0. The molecule has 1 N–H and O–H groups in total. The van der Waals surface area contributed by atoms with Crippen molar-refractivity contribution in [3.8, 4) is 11.5 Å². The van der Waals surface area contributed by atoms with Gasteiger partial charge >= 0.3 is 0 Å². The average molecular weight is 485 g/mol. The lowest BCUT2D eigenvalue weighted by Gasteiger charge is -2.25. The van der Waals surface area contributed by atoms with Gasteiger partial charge in [0.05, 0.1) is 37.8 Å². The Morgan fingerprint density at radius 3 is 2.17 bits per heavy atom. The van der Waals surface area contributed by atoms with Crippen molar-refractivity contribution in [2.75, 3.05) is 31.3 Å². The standard InChI is InChI=1S/C20H25BrN2O5S/c1-6-23(29(5,25)26)17-12-19(28-4)18(27-3)11-16(17)20(24)22-13(2)14-7-9-15(21)10-8-14/h7-13H,6H2,1-5H3,(H,22,24). The van der Waals surface area contributed by atoms with Crippen LogP contribution >= 0.6 is 15.9 Å². The fourth-order valence-corrected chi connectivity index (χ4v) is 4.19. The van der Waals surface area contributed by atoms with Crippen LogP contribution in [-0.4, -0.2) is 41.3 Å². The molecule has 1 unspecified atom stereocenters. The van der Waals surface area contributed by atoms with Crippen LogP contribution in [0.2, 0.25) is 0 Å². The van der Waals surface area contributed by atoms with E-state index in [0.29, 0.717) is 11.5 Å². The number of ether oxygens (including phenoxy) is 2. The van der Waals surface area contributed by atoms with E-state index in [-0.39, 0.29) is 23.8 Å². The predicted octanol–water partition coefficient (Wildman–Crippen LogP) is 3.74. The van der Waals surface area contributed by atoms with Gasteiger partial charge in [-0.05, 0) is 37.6 Å². The molecule has 1 atom stereocenters. The van der Waals surface area contributed by atoms with Gasteiger partial charge in [0.2, 0.25) is 10.0 Å². The number of hydrogen-bond acceptors (Lipinski definition) is 5. The first-order valence-electron chi connectivity index (χ1n) is 8.92. The molecule has 9 heteroatoms. The molecule has 0 aromatic heterocycles. The zero-order valence-corrected chi connectivity index (χ0v) is 19.4. The monoisotopic (exact) mass is 484 g/mol. The number of carbonyl (C=O) groups excluding carboxylic acids is 1. The van der Waals surface area contributed by atoms with E-state index in [1.54, 1.807) is 6.92 Å². The van der Waals surface area contributed by atoms with Crippen molar-refractivity contribution in [3.05, 3.63) is 52.0 Å². The molecule has 158 valence electrons. The molecule has 0 aliphatic rings. The van der Waals surface area contributed by atoms with E-state index in [1.165, 1.54) is 26.4 Å². The van der Waals surface area contributed by atoms with Gasteiger partial charge in [0.15, 0.2) is 11.5 Å². The Balaban J connectivity index is 2.50. The minimum absolute atomic E-state index is 0.164. The van der Waals surface area contributed by atoms with E-state index < -0.39 is 15.9 Å². The van der Waals surface area contributed by atoms with Crippen LogP contribution in [0.3, 0.4) is 0 Å². The molecule has 2 rings (SSSR count). The highest BCUT2D eigenvalue weighted by Crippen LogP contribution is 2.36. The van der Waals surface area contributed by atoms with Crippen LogP contribution in [0, 0.1) is 0 Å². The summed E-state index contributed by atoms with van der Waals surface area (Å²) in [4.78, 5) is 13.1. The first kappa shape index (κ1) is 23.0. The van der Waals surface area contributed by atoms with Crippen molar-refractivity contribution in [1.29, 1.82) is 0 Å². The second-order valence-electron chi connectivity index (χ2n) is 6.40. The number of sulfonamides is 1. The maximum Gasteiger partial charge on any atom is 0.254 e. The van der Waals surface area contributed by atoms with Crippen LogP contribution in [0.1, 0.15) is 35.8 Å². The van der Waals surface area contributed by atoms with E-state index in [2.05, 4.69) is 21.2 Å². The third kappa shape index (κ3) is 5.42. The molecule has 0 heterocycles. The SMILES string of the molecule is CCN(c1cc(OC)c(OC)cc1C(=O)NC(C)c1ccc(Br)cc1)S(C)(=O)=O. The summed E-state index contributed by atoms with van der Waals surface area (Å²) < 4.78 is 37.3. The Kier molecular flexibility index (Phi) is 7.54. The normalized spacial score (nSPS) is 12.2. The quantitative estimate of drug-likeness (QED) is 0.616. The zero-order chi connectivity index (χ0) is 21.8. The van der Waals surface area contributed by atoms with Gasteiger partial charge in [0, 0.05) is 17.1 Å². The summed E-state index contributed by atoms with van der Waals surface area (Å²) in [6.07, 6.45) is 1.10. The summed E-state index contributed by atoms with van der Waals surface area (Å²) in [5.74, 6) is 0.253.